The van der Waals surface area contributed by atoms with Crippen molar-refractivity contribution in [1.29, 1.82) is 0 Å². The summed E-state index contributed by atoms with van der Waals surface area (Å²) in [7, 11) is 2.18. The molecule has 21 heavy (non-hydrogen) atoms. The van der Waals surface area contributed by atoms with Crippen LogP contribution in [0.3, 0.4) is 0 Å². The van der Waals surface area contributed by atoms with Gasteiger partial charge in [0.05, 0.1) is 11.9 Å². The van der Waals surface area contributed by atoms with Crippen LogP contribution in [0.4, 0.5) is 0 Å². The Hall–Kier alpha value is -1.75. The SMILES string of the molecule is CC(C)c1nccn1-c1cncc(C2CCCN(C)C2)n1. The molecular formula is C16H23N5. The fourth-order valence-corrected chi connectivity index (χ4v) is 3.03. The summed E-state index contributed by atoms with van der Waals surface area (Å²) in [6.07, 6.45) is 9.97. The van der Waals surface area contributed by atoms with Gasteiger partial charge in [-0.1, -0.05) is 13.8 Å². The Balaban J connectivity index is 1.91. The second-order valence-electron chi connectivity index (χ2n) is 6.21. The van der Waals surface area contributed by atoms with E-state index < -0.39 is 0 Å². The molecule has 3 rings (SSSR count). The highest BCUT2D eigenvalue weighted by Gasteiger charge is 2.21. The smallest absolute Gasteiger partial charge is 0.156 e. The van der Waals surface area contributed by atoms with E-state index in [1.54, 1.807) is 0 Å². The van der Waals surface area contributed by atoms with Crippen LogP contribution in [0.15, 0.2) is 24.8 Å². The van der Waals surface area contributed by atoms with Crippen molar-refractivity contribution in [2.24, 2.45) is 0 Å². The summed E-state index contributed by atoms with van der Waals surface area (Å²) in [5.41, 5.74) is 1.10. The molecule has 0 amide bonds. The van der Waals surface area contributed by atoms with Crippen LogP contribution >= 0.6 is 0 Å². The summed E-state index contributed by atoms with van der Waals surface area (Å²) < 4.78 is 2.05. The van der Waals surface area contributed by atoms with Gasteiger partial charge in [-0.3, -0.25) is 9.55 Å². The van der Waals surface area contributed by atoms with Gasteiger partial charge in [-0.05, 0) is 26.4 Å². The summed E-state index contributed by atoms with van der Waals surface area (Å²) in [6, 6.07) is 0. The molecule has 1 aliphatic heterocycles. The Morgan fingerprint density at radius 3 is 2.90 bits per heavy atom. The quantitative estimate of drug-likeness (QED) is 0.869. The largest absolute Gasteiger partial charge is 0.306 e. The van der Waals surface area contributed by atoms with E-state index in [0.717, 1.165) is 23.9 Å². The van der Waals surface area contributed by atoms with Crippen LogP contribution in [-0.4, -0.2) is 44.6 Å². The number of piperidine rings is 1. The molecule has 0 spiro atoms. The molecule has 0 saturated carbocycles. The Morgan fingerprint density at radius 1 is 1.29 bits per heavy atom. The molecule has 1 aliphatic rings. The van der Waals surface area contributed by atoms with Crippen molar-refractivity contribution in [3.8, 4) is 5.82 Å². The van der Waals surface area contributed by atoms with Crippen LogP contribution < -0.4 is 0 Å². The molecule has 0 N–H and O–H groups in total. The highest BCUT2D eigenvalue weighted by molar-refractivity contribution is 5.25. The zero-order valence-corrected chi connectivity index (χ0v) is 13.0. The van der Waals surface area contributed by atoms with Gasteiger partial charge in [-0.25, -0.2) is 9.97 Å². The second kappa shape index (κ2) is 5.93. The lowest BCUT2D eigenvalue weighted by Crippen LogP contribution is -2.31. The zero-order valence-electron chi connectivity index (χ0n) is 13.0. The van der Waals surface area contributed by atoms with E-state index in [1.807, 2.05) is 29.4 Å². The molecule has 0 radical (unpaired) electrons. The van der Waals surface area contributed by atoms with Crippen molar-refractivity contribution >= 4 is 0 Å². The van der Waals surface area contributed by atoms with E-state index in [-0.39, 0.29) is 0 Å². The number of nitrogens with zero attached hydrogens (tertiary/aromatic N) is 5. The first-order valence-corrected chi connectivity index (χ1v) is 7.69. The van der Waals surface area contributed by atoms with Crippen molar-refractivity contribution < 1.29 is 0 Å². The minimum absolute atomic E-state index is 0.367. The molecule has 5 nitrogen and oxygen atoms in total. The third-order valence-corrected chi connectivity index (χ3v) is 4.12. The number of imidazole rings is 1. The van der Waals surface area contributed by atoms with Crippen LogP contribution in [-0.2, 0) is 0 Å². The molecule has 3 heterocycles. The third kappa shape index (κ3) is 2.97. The molecule has 2 aromatic rings. The second-order valence-corrected chi connectivity index (χ2v) is 6.21. The molecule has 0 bridgehead atoms. The first-order chi connectivity index (χ1) is 10.1. The summed E-state index contributed by atoms with van der Waals surface area (Å²) in [4.78, 5) is 16.1. The summed E-state index contributed by atoms with van der Waals surface area (Å²) in [5.74, 6) is 2.76. The molecule has 1 fully saturated rings. The van der Waals surface area contributed by atoms with E-state index in [4.69, 9.17) is 4.98 Å². The van der Waals surface area contributed by atoms with Gasteiger partial charge in [0.15, 0.2) is 5.82 Å². The minimum atomic E-state index is 0.367. The van der Waals surface area contributed by atoms with E-state index in [0.29, 0.717) is 11.8 Å². The van der Waals surface area contributed by atoms with Crippen molar-refractivity contribution in [2.45, 2.75) is 38.5 Å². The van der Waals surface area contributed by atoms with Gasteiger partial charge >= 0.3 is 0 Å². The molecule has 0 aromatic carbocycles. The molecule has 1 unspecified atom stereocenters. The fraction of sp³-hybridized carbons (Fsp3) is 0.562. The van der Waals surface area contributed by atoms with Gasteiger partial charge in [0.25, 0.3) is 0 Å². The molecule has 2 aromatic heterocycles. The fourth-order valence-electron chi connectivity index (χ4n) is 3.03. The molecule has 1 saturated heterocycles. The zero-order chi connectivity index (χ0) is 14.8. The van der Waals surface area contributed by atoms with E-state index in [1.165, 1.54) is 19.4 Å². The van der Waals surface area contributed by atoms with Gasteiger partial charge in [0.1, 0.15) is 5.82 Å². The number of likely N-dealkylation sites (N-methyl/N-ethyl adjacent to an activating group) is 1. The summed E-state index contributed by atoms with van der Waals surface area (Å²) in [6.45, 7) is 6.54. The minimum Gasteiger partial charge on any atom is -0.306 e. The first-order valence-electron chi connectivity index (χ1n) is 7.69. The normalized spacial score (nSPS) is 20.1. The van der Waals surface area contributed by atoms with Gasteiger partial charge < -0.3 is 4.90 Å². The van der Waals surface area contributed by atoms with Crippen molar-refractivity contribution in [3.05, 3.63) is 36.3 Å². The van der Waals surface area contributed by atoms with E-state index in [9.17, 15) is 0 Å². The van der Waals surface area contributed by atoms with Crippen LogP contribution in [0, 0.1) is 0 Å². The number of hydrogen-bond acceptors (Lipinski definition) is 4. The van der Waals surface area contributed by atoms with Crippen LogP contribution in [0.1, 0.15) is 50.0 Å². The lowest BCUT2D eigenvalue weighted by atomic mass is 9.95. The number of rotatable bonds is 3. The number of hydrogen-bond donors (Lipinski definition) is 0. The maximum absolute atomic E-state index is 4.85. The number of likely N-dealkylation sites (tertiary alicyclic amines) is 1. The third-order valence-electron chi connectivity index (χ3n) is 4.12. The molecular weight excluding hydrogens is 262 g/mol. The van der Waals surface area contributed by atoms with Crippen molar-refractivity contribution in [2.75, 3.05) is 20.1 Å². The predicted molar refractivity (Wildman–Crippen MR) is 82.7 cm³/mol. The predicted octanol–water partition coefficient (Wildman–Crippen LogP) is 2.59. The van der Waals surface area contributed by atoms with Crippen molar-refractivity contribution in [1.82, 2.24) is 24.4 Å². The van der Waals surface area contributed by atoms with E-state index >= 15 is 0 Å². The van der Waals surface area contributed by atoms with Crippen molar-refractivity contribution in [3.63, 3.8) is 0 Å². The number of aromatic nitrogens is 4. The Morgan fingerprint density at radius 2 is 2.14 bits per heavy atom. The Kier molecular flexibility index (Phi) is 4.01. The summed E-state index contributed by atoms with van der Waals surface area (Å²) >= 11 is 0. The summed E-state index contributed by atoms with van der Waals surface area (Å²) in [5, 5.41) is 0. The standard InChI is InChI=1S/C16H23N5/c1-12(2)16-18-6-8-21(16)15-10-17-9-14(19-15)13-5-4-7-20(3)11-13/h6,8-10,12-13H,4-5,7,11H2,1-3H3. The molecule has 1 atom stereocenters. The van der Waals surface area contributed by atoms with Crippen LogP contribution in [0.25, 0.3) is 5.82 Å². The lowest BCUT2D eigenvalue weighted by molar-refractivity contribution is 0.248. The maximum Gasteiger partial charge on any atom is 0.156 e. The highest BCUT2D eigenvalue weighted by Crippen LogP contribution is 2.25. The highest BCUT2D eigenvalue weighted by atomic mass is 15.1. The van der Waals surface area contributed by atoms with Crippen LogP contribution in [0.5, 0.6) is 0 Å². The average molecular weight is 285 g/mol. The van der Waals surface area contributed by atoms with Gasteiger partial charge in [-0.2, -0.15) is 0 Å². The van der Waals surface area contributed by atoms with E-state index in [2.05, 4.69) is 35.8 Å². The van der Waals surface area contributed by atoms with Gasteiger partial charge in [0, 0.05) is 37.0 Å². The maximum atomic E-state index is 4.85. The van der Waals surface area contributed by atoms with Crippen LogP contribution in [0.2, 0.25) is 0 Å². The lowest BCUT2D eigenvalue weighted by Gasteiger charge is -2.29. The average Bonchev–Trinajstić information content (AvgIpc) is 2.97. The van der Waals surface area contributed by atoms with Gasteiger partial charge in [0.2, 0.25) is 0 Å². The monoisotopic (exact) mass is 285 g/mol. The molecule has 5 heteroatoms. The van der Waals surface area contributed by atoms with Gasteiger partial charge in [-0.15, -0.1) is 0 Å². The topological polar surface area (TPSA) is 46.8 Å². The Bertz CT molecular complexity index is 604. The molecule has 0 aliphatic carbocycles. The Labute approximate surface area is 126 Å². The first kappa shape index (κ1) is 14.2. The molecule has 112 valence electrons.